The topological polar surface area (TPSA) is 51.7 Å². The molecular weight excluding hydrogens is 498 g/mol. The number of carbonyl (C=O) groups excluding carboxylic acids is 1. The van der Waals surface area contributed by atoms with E-state index < -0.39 is 40.5 Å². The molecule has 5 aromatic rings. The molecule has 0 bridgehead atoms. The number of benzene rings is 2. The van der Waals surface area contributed by atoms with Crippen LogP contribution in [-0.2, 0) is 13.2 Å². The molecule has 4 heterocycles. The Hall–Kier alpha value is -4.41. The summed E-state index contributed by atoms with van der Waals surface area (Å²) in [5.41, 5.74) is -0.0868. The summed E-state index contributed by atoms with van der Waals surface area (Å²) in [6.07, 6.45) is -1.96. The smallest absolute Gasteiger partial charge is 0.312 e. The lowest BCUT2D eigenvalue weighted by atomic mass is 9.94. The minimum absolute atomic E-state index is 0.0355. The second-order valence-corrected chi connectivity index (χ2v) is 8.72. The van der Waals surface area contributed by atoms with Gasteiger partial charge in [-0.05, 0) is 37.3 Å². The van der Waals surface area contributed by atoms with Crippen LogP contribution in [0.25, 0.3) is 27.5 Å². The molecule has 0 fully saturated rings. The molecule has 3 aromatic heterocycles. The maximum absolute atomic E-state index is 14.4. The number of halogens is 6. The molecule has 0 saturated carbocycles. The van der Waals surface area contributed by atoms with Crippen molar-refractivity contribution >= 4 is 34.1 Å². The average Bonchev–Trinajstić information content (AvgIpc) is 3.30. The monoisotopic (exact) mass is 512 g/mol. The maximum Gasteiger partial charge on any atom is 0.417 e. The van der Waals surface area contributed by atoms with E-state index in [1.54, 1.807) is 14.0 Å². The van der Waals surface area contributed by atoms with E-state index in [-0.39, 0.29) is 28.0 Å². The largest absolute Gasteiger partial charge is 0.417 e. The molecule has 0 radical (unpaired) electrons. The molecule has 186 valence electrons. The number of nitrogens with zero attached hydrogens (tertiary/aromatic N) is 4. The minimum atomic E-state index is -4.73. The van der Waals surface area contributed by atoms with E-state index in [4.69, 9.17) is 0 Å². The Morgan fingerprint density at radius 3 is 2.41 bits per heavy atom. The van der Waals surface area contributed by atoms with Gasteiger partial charge in [0.2, 0.25) is 5.78 Å². The van der Waals surface area contributed by atoms with E-state index in [2.05, 4.69) is 10.1 Å². The van der Waals surface area contributed by atoms with Gasteiger partial charge in [0.1, 0.15) is 5.52 Å². The summed E-state index contributed by atoms with van der Waals surface area (Å²) in [6, 6.07) is 6.48. The highest BCUT2D eigenvalue weighted by Gasteiger charge is 2.38. The zero-order chi connectivity index (χ0) is 26.4. The number of aryl methyl sites for hydroxylation is 2. The summed E-state index contributed by atoms with van der Waals surface area (Å²) in [7, 11) is 1.62. The van der Waals surface area contributed by atoms with E-state index in [1.807, 2.05) is 0 Å². The van der Waals surface area contributed by atoms with Crippen LogP contribution in [0.5, 0.6) is 0 Å². The molecule has 0 aliphatic carbocycles. The van der Waals surface area contributed by atoms with Crippen molar-refractivity contribution in [2.45, 2.75) is 13.1 Å². The first-order chi connectivity index (χ1) is 17.5. The second-order valence-electron chi connectivity index (χ2n) is 8.72. The second kappa shape index (κ2) is 7.55. The maximum atomic E-state index is 14.4. The van der Waals surface area contributed by atoms with Gasteiger partial charge in [-0.3, -0.25) is 14.5 Å². The molecule has 0 amide bonds. The lowest BCUT2D eigenvalue weighted by Gasteiger charge is -2.17. The Balaban J connectivity index is 1.66. The van der Waals surface area contributed by atoms with Crippen LogP contribution in [0.4, 0.5) is 32.0 Å². The van der Waals surface area contributed by atoms with Crippen molar-refractivity contribution in [2.75, 3.05) is 0 Å². The highest BCUT2D eigenvalue weighted by atomic mass is 19.4. The fraction of sp³-hybridized carbons (Fsp3) is 0.115. The van der Waals surface area contributed by atoms with Gasteiger partial charge in [0, 0.05) is 52.8 Å². The summed E-state index contributed by atoms with van der Waals surface area (Å²) >= 11 is 0. The number of carbonyl (C=O) groups is 1. The third-order valence-corrected chi connectivity index (χ3v) is 6.60. The molecule has 37 heavy (non-hydrogen) atoms. The minimum Gasteiger partial charge on any atom is -0.312 e. The normalized spacial score (nSPS) is 12.9. The average molecular weight is 512 g/mol. The molecule has 0 spiro atoms. The number of pyridine rings is 1. The highest BCUT2D eigenvalue weighted by molar-refractivity contribution is 6.14. The molecule has 11 heteroatoms. The lowest BCUT2D eigenvalue weighted by Crippen LogP contribution is -2.09. The van der Waals surface area contributed by atoms with Crippen molar-refractivity contribution in [1.29, 1.82) is 0 Å². The summed E-state index contributed by atoms with van der Waals surface area (Å²) in [5.74, 6) is -5.64. The van der Waals surface area contributed by atoms with Gasteiger partial charge in [-0.15, -0.1) is 0 Å². The molecule has 0 N–H and O–H groups in total. The lowest BCUT2D eigenvalue weighted by molar-refractivity contribution is -0.136. The van der Waals surface area contributed by atoms with Crippen LogP contribution in [0.2, 0.25) is 0 Å². The van der Waals surface area contributed by atoms with Crippen molar-refractivity contribution < 1.29 is 31.1 Å². The fourth-order valence-corrected chi connectivity index (χ4v) is 4.79. The quantitative estimate of drug-likeness (QED) is 0.150. The predicted octanol–water partition coefficient (Wildman–Crippen LogP) is 6.53. The van der Waals surface area contributed by atoms with E-state index >= 15 is 0 Å². The van der Waals surface area contributed by atoms with Gasteiger partial charge in [0.05, 0.1) is 22.5 Å². The van der Waals surface area contributed by atoms with Gasteiger partial charge in [-0.1, -0.05) is 6.07 Å². The Morgan fingerprint density at radius 2 is 1.73 bits per heavy atom. The number of aromatic nitrogens is 3. The van der Waals surface area contributed by atoms with Crippen molar-refractivity contribution in [3.05, 3.63) is 88.1 Å². The summed E-state index contributed by atoms with van der Waals surface area (Å²) in [5, 5.41) is 4.69. The Bertz CT molecular complexity index is 1820. The number of hydrogen-bond acceptors (Lipinski definition) is 3. The number of fused-ring (bicyclic) bond motifs is 4. The molecule has 0 atom stereocenters. The van der Waals surface area contributed by atoms with Crippen LogP contribution in [0.3, 0.4) is 0 Å². The molecule has 6 rings (SSSR count). The van der Waals surface area contributed by atoms with E-state index in [1.165, 1.54) is 39.7 Å². The predicted molar refractivity (Wildman–Crippen MR) is 124 cm³/mol. The zero-order valence-electron chi connectivity index (χ0n) is 19.1. The Morgan fingerprint density at radius 1 is 1.03 bits per heavy atom. The molecule has 5 nitrogen and oxygen atoms in total. The van der Waals surface area contributed by atoms with E-state index in [0.29, 0.717) is 34.3 Å². The Labute approximate surface area is 204 Å². The number of aliphatic imine (C=N–C) groups is 1. The van der Waals surface area contributed by atoms with Crippen molar-refractivity contribution in [1.82, 2.24) is 14.2 Å². The van der Waals surface area contributed by atoms with Crippen molar-refractivity contribution in [2.24, 2.45) is 12.0 Å². The van der Waals surface area contributed by atoms with Crippen LogP contribution in [0.15, 0.2) is 47.6 Å². The molecule has 0 unspecified atom stereocenters. The number of hydrogen-bond donors (Lipinski definition) is 0. The van der Waals surface area contributed by atoms with Gasteiger partial charge in [-0.2, -0.15) is 18.3 Å². The van der Waals surface area contributed by atoms with E-state index in [9.17, 15) is 31.1 Å². The SMILES string of the molecule is Cc1c2cc(C(F)(F)F)c3c(c2nn1C)N=Cc1cc(C(=O)c2cc(F)c(F)c(F)c2)n2cccc-3c12. The third kappa shape index (κ3) is 3.23. The van der Waals surface area contributed by atoms with Crippen LogP contribution in [0, 0.1) is 24.4 Å². The van der Waals surface area contributed by atoms with Crippen LogP contribution in [-0.4, -0.2) is 26.2 Å². The van der Waals surface area contributed by atoms with Crippen LogP contribution < -0.4 is 0 Å². The molecule has 2 aromatic carbocycles. The summed E-state index contributed by atoms with van der Waals surface area (Å²) in [6.45, 7) is 1.66. The van der Waals surface area contributed by atoms with Gasteiger partial charge < -0.3 is 4.40 Å². The fourth-order valence-electron chi connectivity index (χ4n) is 4.79. The number of ketones is 1. The third-order valence-electron chi connectivity index (χ3n) is 6.60. The molecule has 1 aliphatic rings. The van der Waals surface area contributed by atoms with Crippen LogP contribution >= 0.6 is 0 Å². The van der Waals surface area contributed by atoms with E-state index in [0.717, 1.165) is 6.07 Å². The first-order valence-corrected chi connectivity index (χ1v) is 10.9. The molecular formula is C26H14F6N4O. The van der Waals surface area contributed by atoms with Crippen molar-refractivity contribution in [3.63, 3.8) is 0 Å². The number of rotatable bonds is 2. The molecule has 1 aliphatic heterocycles. The van der Waals surface area contributed by atoms with Gasteiger partial charge in [-0.25, -0.2) is 13.2 Å². The van der Waals surface area contributed by atoms with Crippen molar-refractivity contribution in [3.8, 4) is 11.1 Å². The van der Waals surface area contributed by atoms with Gasteiger partial charge >= 0.3 is 6.18 Å². The number of alkyl halides is 3. The standard InChI is InChI=1S/C26H14F6N4O/c1-11-15-9-16(26(30,31)32)20-14-4-3-5-36-19(25(37)12-6-17(27)21(29)18(28)7-12)8-13(24(14)36)10-33-23(20)22(15)34-35(11)2/h3-10H,1-2H3. The van der Waals surface area contributed by atoms with Crippen LogP contribution in [0.1, 0.15) is 32.9 Å². The summed E-state index contributed by atoms with van der Waals surface area (Å²) < 4.78 is 86.9. The first kappa shape index (κ1) is 23.0. The summed E-state index contributed by atoms with van der Waals surface area (Å²) in [4.78, 5) is 17.6. The van der Waals surface area contributed by atoms with Gasteiger partial charge in [0.15, 0.2) is 17.5 Å². The first-order valence-electron chi connectivity index (χ1n) is 10.9. The van der Waals surface area contributed by atoms with Gasteiger partial charge in [0.25, 0.3) is 0 Å². The Kier molecular flexibility index (Phi) is 4.69. The molecule has 0 saturated heterocycles. The highest BCUT2D eigenvalue weighted by Crippen LogP contribution is 2.49. The zero-order valence-corrected chi connectivity index (χ0v) is 19.1.